The predicted molar refractivity (Wildman–Crippen MR) is 58.7 cm³/mol. The molecular weight excluding hydrogens is 251 g/mol. The van der Waals surface area contributed by atoms with Crippen LogP contribution in [0.15, 0.2) is 15.7 Å². The number of halogens is 3. The molecule has 0 saturated carbocycles. The normalized spacial score (nSPS) is 16.8. The number of anilines is 1. The van der Waals surface area contributed by atoms with E-state index in [2.05, 4.69) is 4.98 Å². The quantitative estimate of drug-likeness (QED) is 0.843. The van der Waals surface area contributed by atoms with Crippen LogP contribution in [0.1, 0.15) is 6.42 Å². The van der Waals surface area contributed by atoms with Gasteiger partial charge in [-0.1, -0.05) is 0 Å². The predicted octanol–water partition coefficient (Wildman–Crippen LogP) is 0.462. The van der Waals surface area contributed by atoms with E-state index >= 15 is 0 Å². The zero-order valence-corrected chi connectivity index (χ0v) is 9.62. The van der Waals surface area contributed by atoms with Crippen LogP contribution < -0.4 is 16.1 Å². The summed E-state index contributed by atoms with van der Waals surface area (Å²) in [6.07, 6.45) is -5.00. The SMILES string of the molecule is Cn1c(=O)cc(N2CC(CC(F)(F)F)C2)[nH]c1=O. The van der Waals surface area contributed by atoms with Gasteiger partial charge in [-0.2, -0.15) is 13.2 Å². The van der Waals surface area contributed by atoms with Crippen molar-refractivity contribution >= 4 is 5.82 Å². The molecule has 1 aliphatic rings. The van der Waals surface area contributed by atoms with Gasteiger partial charge in [-0.3, -0.25) is 14.3 Å². The molecule has 0 bridgehead atoms. The minimum absolute atomic E-state index is 0.197. The largest absolute Gasteiger partial charge is 0.389 e. The van der Waals surface area contributed by atoms with Crippen molar-refractivity contribution in [3.8, 4) is 0 Å². The molecule has 0 unspecified atom stereocenters. The Kier molecular flexibility index (Phi) is 2.95. The van der Waals surface area contributed by atoms with Crippen LogP contribution in [0.2, 0.25) is 0 Å². The number of hydrogen-bond acceptors (Lipinski definition) is 3. The van der Waals surface area contributed by atoms with Gasteiger partial charge in [0.1, 0.15) is 5.82 Å². The maximum atomic E-state index is 12.1. The Bertz CT molecular complexity index is 523. The average molecular weight is 263 g/mol. The number of aromatic nitrogens is 2. The second kappa shape index (κ2) is 4.18. The van der Waals surface area contributed by atoms with E-state index in [1.807, 2.05) is 0 Å². The fourth-order valence-corrected chi connectivity index (χ4v) is 1.94. The highest BCUT2D eigenvalue weighted by Crippen LogP contribution is 2.31. The maximum absolute atomic E-state index is 12.1. The lowest BCUT2D eigenvalue weighted by atomic mass is 9.96. The topological polar surface area (TPSA) is 58.1 Å². The first-order valence-electron chi connectivity index (χ1n) is 5.38. The van der Waals surface area contributed by atoms with Gasteiger partial charge in [-0.05, 0) is 0 Å². The average Bonchev–Trinajstić information content (AvgIpc) is 2.17. The van der Waals surface area contributed by atoms with Crippen molar-refractivity contribution in [2.45, 2.75) is 12.6 Å². The van der Waals surface area contributed by atoms with Crippen molar-refractivity contribution in [2.75, 3.05) is 18.0 Å². The summed E-state index contributed by atoms with van der Waals surface area (Å²) in [7, 11) is 1.33. The summed E-state index contributed by atoms with van der Waals surface area (Å²) in [5, 5.41) is 0. The molecule has 0 amide bonds. The van der Waals surface area contributed by atoms with Crippen molar-refractivity contribution in [2.24, 2.45) is 13.0 Å². The molecule has 0 aliphatic carbocycles. The molecule has 1 aromatic rings. The lowest BCUT2D eigenvalue weighted by Crippen LogP contribution is -2.50. The minimum atomic E-state index is -4.17. The van der Waals surface area contributed by atoms with Crippen LogP contribution in [0, 0.1) is 5.92 Å². The van der Waals surface area contributed by atoms with E-state index in [1.165, 1.54) is 13.1 Å². The first-order valence-corrected chi connectivity index (χ1v) is 5.38. The maximum Gasteiger partial charge on any atom is 0.389 e. The zero-order chi connectivity index (χ0) is 13.5. The standard InChI is InChI=1S/C10H12F3N3O2/c1-15-8(17)2-7(14-9(15)18)16-4-6(5-16)3-10(11,12)13/h2,6H,3-5H2,1H3,(H,14,18). The van der Waals surface area contributed by atoms with E-state index in [0.717, 1.165) is 4.57 Å². The van der Waals surface area contributed by atoms with Crippen molar-refractivity contribution < 1.29 is 13.2 Å². The number of aromatic amines is 1. The van der Waals surface area contributed by atoms with Gasteiger partial charge in [0.25, 0.3) is 5.56 Å². The molecule has 5 nitrogen and oxygen atoms in total. The smallest absolute Gasteiger partial charge is 0.357 e. The molecule has 2 rings (SSSR count). The van der Waals surface area contributed by atoms with Gasteiger partial charge in [0.2, 0.25) is 0 Å². The monoisotopic (exact) mass is 263 g/mol. The van der Waals surface area contributed by atoms with Crippen LogP contribution >= 0.6 is 0 Å². The number of H-pyrrole nitrogens is 1. The number of alkyl halides is 3. The lowest BCUT2D eigenvalue weighted by molar-refractivity contribution is -0.146. The van der Waals surface area contributed by atoms with Crippen LogP contribution in [-0.4, -0.2) is 28.8 Å². The minimum Gasteiger partial charge on any atom is -0.357 e. The second-order valence-electron chi connectivity index (χ2n) is 4.45. The molecule has 100 valence electrons. The molecule has 0 aromatic carbocycles. The highest BCUT2D eigenvalue weighted by molar-refractivity contribution is 5.40. The molecule has 1 aromatic heterocycles. The third-order valence-electron chi connectivity index (χ3n) is 2.95. The molecule has 0 spiro atoms. The molecule has 2 heterocycles. The number of rotatable bonds is 2. The van der Waals surface area contributed by atoms with Crippen LogP contribution in [-0.2, 0) is 7.05 Å². The van der Waals surface area contributed by atoms with Crippen LogP contribution in [0.5, 0.6) is 0 Å². The third-order valence-corrected chi connectivity index (χ3v) is 2.95. The molecule has 0 radical (unpaired) electrons. The Hall–Kier alpha value is -1.73. The molecule has 1 fully saturated rings. The van der Waals surface area contributed by atoms with Gasteiger partial charge >= 0.3 is 11.9 Å². The van der Waals surface area contributed by atoms with E-state index in [4.69, 9.17) is 0 Å². The first kappa shape index (κ1) is 12.7. The van der Waals surface area contributed by atoms with Gasteiger partial charge in [0.15, 0.2) is 0 Å². The van der Waals surface area contributed by atoms with Crippen LogP contribution in [0.25, 0.3) is 0 Å². The van der Waals surface area contributed by atoms with Gasteiger partial charge in [0.05, 0.1) is 0 Å². The molecule has 1 N–H and O–H groups in total. The Balaban J connectivity index is 2.05. The lowest BCUT2D eigenvalue weighted by Gasteiger charge is -2.40. The third kappa shape index (κ3) is 2.57. The highest BCUT2D eigenvalue weighted by Gasteiger charge is 2.38. The van der Waals surface area contributed by atoms with Gasteiger partial charge in [-0.25, -0.2) is 4.79 Å². The fourth-order valence-electron chi connectivity index (χ4n) is 1.94. The Morgan fingerprint density at radius 1 is 1.39 bits per heavy atom. The van der Waals surface area contributed by atoms with Crippen molar-refractivity contribution in [3.05, 3.63) is 26.9 Å². The van der Waals surface area contributed by atoms with E-state index in [0.29, 0.717) is 0 Å². The van der Waals surface area contributed by atoms with Gasteiger partial charge in [0, 0.05) is 38.5 Å². The summed E-state index contributed by atoms with van der Waals surface area (Å²) in [4.78, 5) is 26.7. The summed E-state index contributed by atoms with van der Waals surface area (Å²) in [6, 6.07) is 1.21. The fraction of sp³-hybridized carbons (Fsp3) is 0.600. The number of nitrogens with zero attached hydrogens (tertiary/aromatic N) is 2. The van der Waals surface area contributed by atoms with Gasteiger partial charge < -0.3 is 4.90 Å². The number of hydrogen-bond donors (Lipinski definition) is 1. The Labute approximate surface area is 99.8 Å². The van der Waals surface area contributed by atoms with E-state index < -0.39 is 29.8 Å². The highest BCUT2D eigenvalue weighted by atomic mass is 19.4. The van der Waals surface area contributed by atoms with E-state index in [-0.39, 0.29) is 18.9 Å². The van der Waals surface area contributed by atoms with Gasteiger partial charge in [-0.15, -0.1) is 0 Å². The molecule has 0 atom stereocenters. The molecule has 1 saturated heterocycles. The molecule has 18 heavy (non-hydrogen) atoms. The molecule has 1 aliphatic heterocycles. The van der Waals surface area contributed by atoms with Crippen molar-refractivity contribution in [3.63, 3.8) is 0 Å². The van der Waals surface area contributed by atoms with E-state index in [9.17, 15) is 22.8 Å². The van der Waals surface area contributed by atoms with E-state index in [1.54, 1.807) is 4.90 Å². The summed E-state index contributed by atoms with van der Waals surface area (Å²) in [6.45, 7) is 0.394. The summed E-state index contributed by atoms with van der Waals surface area (Å²) in [5.41, 5.74) is -1.05. The Morgan fingerprint density at radius 2 is 2.00 bits per heavy atom. The van der Waals surface area contributed by atoms with Crippen LogP contribution in [0.3, 0.4) is 0 Å². The zero-order valence-electron chi connectivity index (χ0n) is 9.62. The van der Waals surface area contributed by atoms with Crippen LogP contribution in [0.4, 0.5) is 19.0 Å². The second-order valence-corrected chi connectivity index (χ2v) is 4.45. The first-order chi connectivity index (χ1) is 8.26. The Morgan fingerprint density at radius 3 is 2.50 bits per heavy atom. The van der Waals surface area contributed by atoms with Crippen molar-refractivity contribution in [1.29, 1.82) is 0 Å². The summed E-state index contributed by atoms with van der Waals surface area (Å²) >= 11 is 0. The molecular formula is C10H12F3N3O2. The number of nitrogens with one attached hydrogen (secondary N) is 1. The summed E-state index contributed by atoms with van der Waals surface area (Å²) in [5.74, 6) is -0.195. The van der Waals surface area contributed by atoms with Crippen molar-refractivity contribution in [1.82, 2.24) is 9.55 Å². The summed E-state index contributed by atoms with van der Waals surface area (Å²) < 4.78 is 37.2. The molecule has 8 heteroatoms.